The molecular formula is C52H70S2Si6. The summed E-state index contributed by atoms with van der Waals surface area (Å²) in [6.45, 7) is 37.8. The van der Waals surface area contributed by atoms with Crippen LogP contribution in [0.15, 0.2) is 97.1 Å². The molecule has 0 amide bonds. The van der Waals surface area contributed by atoms with E-state index in [0.717, 1.165) is 0 Å². The van der Waals surface area contributed by atoms with Gasteiger partial charge in [0.15, 0.2) is 0 Å². The Morgan fingerprint density at radius 1 is 0.367 bits per heavy atom. The van der Waals surface area contributed by atoms with Crippen molar-refractivity contribution in [1.82, 2.24) is 0 Å². The van der Waals surface area contributed by atoms with E-state index in [1.54, 1.807) is 0 Å². The summed E-state index contributed by atoms with van der Waals surface area (Å²) in [6.07, 6.45) is 7.77. The maximum Gasteiger partial charge on any atom is 0.115 e. The maximum absolute atomic E-state index is 4.50. The fraction of sp³-hybridized carbons (Fsp3) is 0.346. The number of hydrogen-bond acceptors (Lipinski definition) is 0. The summed E-state index contributed by atoms with van der Waals surface area (Å²) < 4.78 is 0. The summed E-state index contributed by atoms with van der Waals surface area (Å²) in [6, 6.07) is 37.3. The average molecular weight is 928 g/mol. The van der Waals surface area contributed by atoms with Crippen LogP contribution in [0.4, 0.5) is 0 Å². The Morgan fingerprint density at radius 3 is 0.900 bits per heavy atom. The van der Waals surface area contributed by atoms with Crippen molar-refractivity contribution >= 4 is 126 Å². The third-order valence-corrected chi connectivity index (χ3v) is 133. The molecular weight excluding hydrogens is 857 g/mol. The minimum absolute atomic E-state index is 0.985. The molecule has 8 heteroatoms. The summed E-state index contributed by atoms with van der Waals surface area (Å²) in [5.41, 5.74) is 6.93. The second-order valence-corrected chi connectivity index (χ2v) is 94.9. The highest BCUT2D eigenvalue weighted by Crippen LogP contribution is 2.84. The fourth-order valence-corrected chi connectivity index (χ4v) is 173. The molecule has 0 aliphatic rings. The highest BCUT2D eigenvalue weighted by Gasteiger charge is 2.61. The predicted octanol–water partition coefficient (Wildman–Crippen LogP) is 16.6. The van der Waals surface area contributed by atoms with E-state index >= 15 is 0 Å². The first kappa shape index (κ1) is 45.3. The molecule has 0 heterocycles. The Balaban J connectivity index is 1.77. The quantitative estimate of drug-likeness (QED) is 0.0675. The van der Waals surface area contributed by atoms with Crippen LogP contribution in [0.1, 0.15) is 11.1 Å². The summed E-state index contributed by atoms with van der Waals surface area (Å²) in [7, 11) is -10.7. The van der Waals surface area contributed by atoms with Crippen molar-refractivity contribution < 1.29 is 0 Å². The summed E-state index contributed by atoms with van der Waals surface area (Å²) in [4.78, 5) is 0. The Morgan fingerprint density at radius 2 is 0.650 bits per heavy atom. The summed E-state index contributed by atoms with van der Waals surface area (Å²) >= 11 is 0. The van der Waals surface area contributed by atoms with Crippen LogP contribution in [0, 0.1) is 22.6 Å². The lowest BCUT2D eigenvalue weighted by atomic mass is 9.88. The largest absolute Gasteiger partial charge is 0.217 e. The van der Waals surface area contributed by atoms with Gasteiger partial charge in [0.25, 0.3) is 0 Å². The van der Waals surface area contributed by atoms with E-state index in [0.29, 0.717) is 0 Å². The Hall–Kier alpha value is -2.78. The zero-order chi connectivity index (χ0) is 44.2. The van der Waals surface area contributed by atoms with Crippen molar-refractivity contribution in [3.05, 3.63) is 108 Å². The first-order chi connectivity index (χ1) is 27.5. The van der Waals surface area contributed by atoms with E-state index < -0.39 is 60.9 Å². The molecule has 0 nitrogen and oxygen atoms in total. The molecule has 0 saturated heterocycles. The topological polar surface area (TPSA) is 0 Å². The van der Waals surface area contributed by atoms with Gasteiger partial charge >= 0.3 is 0 Å². The van der Waals surface area contributed by atoms with Gasteiger partial charge in [-0.2, -0.15) is 7.96 Å². The van der Waals surface area contributed by atoms with Gasteiger partial charge in [-0.05, 0) is 132 Å². The smallest absolute Gasteiger partial charge is 0.115 e. The van der Waals surface area contributed by atoms with Gasteiger partial charge in [0.05, 0.1) is 0 Å². The first-order valence-electron chi connectivity index (χ1n) is 21.8. The minimum atomic E-state index is -2.01. The molecule has 7 aromatic carbocycles. The Kier molecular flexibility index (Phi) is 11.2. The van der Waals surface area contributed by atoms with Crippen molar-refractivity contribution in [2.24, 2.45) is 0 Å². The molecule has 0 saturated carbocycles. The molecule has 0 bridgehead atoms. The molecule has 7 aromatic rings. The van der Waals surface area contributed by atoms with E-state index in [9.17, 15) is 0 Å². The lowest BCUT2D eigenvalue weighted by molar-refractivity contribution is 1.74. The van der Waals surface area contributed by atoms with E-state index in [1.165, 1.54) is 75.8 Å². The van der Waals surface area contributed by atoms with Crippen LogP contribution in [-0.2, 0) is 0 Å². The highest BCUT2D eigenvalue weighted by molar-refractivity contribution is 9.26. The molecule has 0 unspecified atom stereocenters. The molecule has 0 aliphatic heterocycles. The molecule has 0 spiro atoms. The van der Waals surface area contributed by atoms with Gasteiger partial charge in [0.2, 0.25) is 0 Å². The van der Waals surface area contributed by atoms with Gasteiger partial charge in [-0.1, -0.05) is 164 Å². The zero-order valence-electron chi connectivity index (χ0n) is 40.1. The monoisotopic (exact) mass is 926 g/mol. The van der Waals surface area contributed by atoms with Gasteiger partial charge in [0, 0.05) is 33.9 Å². The van der Waals surface area contributed by atoms with Crippen LogP contribution >= 0.6 is 17.0 Å². The van der Waals surface area contributed by atoms with Gasteiger partial charge in [-0.25, -0.2) is 9.06 Å². The average Bonchev–Trinajstić information content (AvgIpc) is 3.09. The highest BCUT2D eigenvalue weighted by atomic mass is 33.4. The lowest BCUT2D eigenvalue weighted by Crippen LogP contribution is -2.82. The van der Waals surface area contributed by atoms with Crippen LogP contribution < -0.4 is 0 Å². The van der Waals surface area contributed by atoms with E-state index in [4.69, 9.17) is 0 Å². The molecule has 0 N–H and O–H groups in total. The summed E-state index contributed by atoms with van der Waals surface area (Å²) in [5, 5.41) is 19.8. The molecule has 0 radical (unpaired) electrons. The standard InChI is InChI=1S/C52H70S2Si6/c1-53(2,3)54(55(4,5)6,56(7,8)9)29-27-47-49-35-43-31-39-23-19-21-25-41(39)33-45(43)37-51(49)48(28-30-60(57(10,11)12,58(13,14)15)59(16,17)18)52-38-46-34-42-26-22-20-24-40(42)32-44(46)36-50(47)52/h19-26,31-38H,1-18H3. The van der Waals surface area contributed by atoms with E-state index in [1.807, 2.05) is 0 Å². The number of fused-ring (bicyclic) bond motifs is 6. The van der Waals surface area contributed by atoms with Crippen molar-refractivity contribution in [3.8, 4) is 22.6 Å². The Labute approximate surface area is 370 Å². The SMILES string of the molecule is C[Si](C)(C)[Si](C#Cc1c2cc3cc4ccccc4cc3cc2c(C#CS([Si](C)(C)C)([Si](C)(C)C)S(C)(C)C)c2cc3cc4ccccc4cc3cc12)([Si](C)(C)C)[Si](C)(C)C. The van der Waals surface area contributed by atoms with Gasteiger partial charge in [-0.3, -0.25) is 0 Å². The second kappa shape index (κ2) is 14.9. The number of rotatable bonds is 6. The second-order valence-electron chi connectivity index (χ2n) is 23.1. The fourth-order valence-electron chi connectivity index (χ4n) is 12.4. The van der Waals surface area contributed by atoms with Crippen LogP contribution in [0.2, 0.25) is 98.2 Å². The summed E-state index contributed by atoms with van der Waals surface area (Å²) in [5.74, 6) is 8.48. The third kappa shape index (κ3) is 7.29. The number of benzene rings is 7. The minimum Gasteiger partial charge on any atom is -0.217 e. The van der Waals surface area contributed by atoms with Crippen LogP contribution in [-0.4, -0.2) is 62.6 Å². The van der Waals surface area contributed by atoms with Gasteiger partial charge in [0.1, 0.15) is 21.1 Å². The van der Waals surface area contributed by atoms with Crippen molar-refractivity contribution in [1.29, 1.82) is 0 Å². The van der Waals surface area contributed by atoms with Crippen molar-refractivity contribution in [3.63, 3.8) is 0 Å². The molecule has 0 atom stereocenters. The lowest BCUT2D eigenvalue weighted by Gasteiger charge is -2.64. The molecule has 0 fully saturated rings. The molecule has 0 aliphatic carbocycles. The van der Waals surface area contributed by atoms with E-state index in [-0.39, 0.29) is 0 Å². The number of hydrogen-bond donors (Lipinski definition) is 0. The molecule has 7 rings (SSSR count). The normalized spacial score (nSPS) is 14.4. The van der Waals surface area contributed by atoms with E-state index in [2.05, 4.69) is 237 Å². The molecule has 60 heavy (non-hydrogen) atoms. The first-order valence-corrected chi connectivity index (χ1v) is 50.7. The maximum atomic E-state index is 4.50. The predicted molar refractivity (Wildman–Crippen MR) is 301 cm³/mol. The van der Waals surface area contributed by atoms with Crippen LogP contribution in [0.25, 0.3) is 64.6 Å². The molecule has 314 valence electrons. The Bertz CT molecular complexity index is 2600. The van der Waals surface area contributed by atoms with Crippen molar-refractivity contribution in [2.75, 3.05) is 18.8 Å². The van der Waals surface area contributed by atoms with Crippen molar-refractivity contribution in [2.45, 2.75) is 98.2 Å². The third-order valence-electron chi connectivity index (χ3n) is 13.3. The van der Waals surface area contributed by atoms with Crippen LogP contribution in [0.5, 0.6) is 0 Å². The zero-order valence-corrected chi connectivity index (χ0v) is 47.7. The van der Waals surface area contributed by atoms with Gasteiger partial charge < -0.3 is 0 Å². The van der Waals surface area contributed by atoms with Crippen LogP contribution in [0.3, 0.4) is 0 Å². The molecule has 0 aromatic heterocycles. The van der Waals surface area contributed by atoms with Gasteiger partial charge in [-0.15, -0.1) is 5.54 Å².